The molecule has 0 bridgehead atoms. The number of hydrogen-bond donors (Lipinski definition) is 2. The van der Waals surface area contributed by atoms with E-state index in [-0.39, 0.29) is 5.91 Å². The predicted molar refractivity (Wildman–Crippen MR) is 112 cm³/mol. The Bertz CT molecular complexity index is 1100. The standard InChI is InChI=1S/C22H15ClN2OS/c23-15-10-11-17-16(12-15)22(21(26)25-17)13-19(14-6-2-1-3-7-14)24-18-8-4-5-9-20(18)27-22/h1-13,24H,(H,25,26)/t22-/m0/s1. The maximum Gasteiger partial charge on any atom is 0.249 e. The average Bonchev–Trinajstić information content (AvgIpc) is 2.85. The first-order valence-electron chi connectivity index (χ1n) is 8.60. The number of thioether (sulfide) groups is 1. The van der Waals surface area contributed by atoms with E-state index in [9.17, 15) is 4.79 Å². The van der Waals surface area contributed by atoms with E-state index in [1.165, 1.54) is 11.8 Å². The van der Waals surface area contributed by atoms with Crippen LogP contribution >= 0.6 is 23.4 Å². The van der Waals surface area contributed by atoms with Gasteiger partial charge in [0.2, 0.25) is 5.91 Å². The van der Waals surface area contributed by atoms with Crippen molar-refractivity contribution >= 4 is 46.3 Å². The first kappa shape index (κ1) is 16.5. The van der Waals surface area contributed by atoms with Crippen LogP contribution in [0.15, 0.2) is 83.8 Å². The molecule has 3 nitrogen and oxygen atoms in total. The fourth-order valence-corrected chi connectivity index (χ4v) is 5.03. The van der Waals surface area contributed by atoms with Crippen molar-refractivity contribution in [1.29, 1.82) is 0 Å². The molecule has 0 saturated heterocycles. The third-order valence-corrected chi connectivity index (χ3v) is 6.48. The molecule has 2 aliphatic rings. The Morgan fingerprint density at radius 2 is 1.63 bits per heavy atom. The Morgan fingerprint density at radius 3 is 2.48 bits per heavy atom. The molecule has 1 amide bonds. The molecule has 3 aromatic rings. The smallest absolute Gasteiger partial charge is 0.249 e. The van der Waals surface area contributed by atoms with Crippen molar-refractivity contribution in [3.63, 3.8) is 0 Å². The number of carbonyl (C=O) groups excluding carboxylic acids is 1. The van der Waals surface area contributed by atoms with Gasteiger partial charge in [-0.1, -0.05) is 65.8 Å². The van der Waals surface area contributed by atoms with E-state index in [0.717, 1.165) is 33.1 Å². The van der Waals surface area contributed by atoms with Crippen LogP contribution in [0, 0.1) is 0 Å². The third-order valence-electron chi connectivity index (χ3n) is 4.83. The van der Waals surface area contributed by atoms with E-state index >= 15 is 0 Å². The summed E-state index contributed by atoms with van der Waals surface area (Å²) in [5.74, 6) is -0.0586. The van der Waals surface area contributed by atoms with E-state index in [4.69, 9.17) is 11.6 Å². The predicted octanol–water partition coefficient (Wildman–Crippen LogP) is 5.75. The van der Waals surface area contributed by atoms with Gasteiger partial charge in [0, 0.05) is 26.9 Å². The summed E-state index contributed by atoms with van der Waals surface area (Å²) in [7, 11) is 0. The summed E-state index contributed by atoms with van der Waals surface area (Å²) in [4.78, 5) is 14.2. The minimum Gasteiger partial charge on any atom is -0.354 e. The SMILES string of the molecule is O=C1Nc2ccc(Cl)cc2[C@@]12C=C(c1ccccc1)Nc1ccccc1S2. The molecule has 0 saturated carbocycles. The van der Waals surface area contributed by atoms with E-state index < -0.39 is 4.75 Å². The first-order chi connectivity index (χ1) is 13.2. The number of amides is 1. The molecule has 5 rings (SSSR count). The van der Waals surface area contributed by atoms with Crippen LogP contribution in [0.1, 0.15) is 11.1 Å². The molecule has 0 radical (unpaired) electrons. The fourth-order valence-electron chi connectivity index (χ4n) is 3.53. The number of hydrogen-bond acceptors (Lipinski definition) is 3. The Hall–Kier alpha value is -2.69. The van der Waals surface area contributed by atoms with Crippen LogP contribution in [-0.4, -0.2) is 5.91 Å². The summed E-state index contributed by atoms with van der Waals surface area (Å²) in [6.45, 7) is 0. The van der Waals surface area contributed by atoms with Crippen LogP contribution < -0.4 is 10.6 Å². The highest BCUT2D eigenvalue weighted by molar-refractivity contribution is 8.01. The molecule has 2 N–H and O–H groups in total. The molecule has 0 unspecified atom stereocenters. The second-order valence-electron chi connectivity index (χ2n) is 6.53. The largest absolute Gasteiger partial charge is 0.354 e. The van der Waals surface area contributed by atoms with Crippen LogP contribution in [0.3, 0.4) is 0 Å². The summed E-state index contributed by atoms with van der Waals surface area (Å²) >= 11 is 7.82. The van der Waals surface area contributed by atoms with Gasteiger partial charge < -0.3 is 10.6 Å². The fraction of sp³-hybridized carbons (Fsp3) is 0.0455. The molecule has 132 valence electrons. The number of carbonyl (C=O) groups is 1. The molecule has 27 heavy (non-hydrogen) atoms. The zero-order valence-electron chi connectivity index (χ0n) is 14.2. The first-order valence-corrected chi connectivity index (χ1v) is 9.80. The van der Waals surface area contributed by atoms with Crippen molar-refractivity contribution in [1.82, 2.24) is 0 Å². The van der Waals surface area contributed by atoms with Gasteiger partial charge in [0.05, 0.1) is 5.69 Å². The van der Waals surface area contributed by atoms with Crippen molar-refractivity contribution in [3.05, 3.63) is 95.0 Å². The maximum atomic E-state index is 13.2. The topological polar surface area (TPSA) is 41.1 Å². The Labute approximate surface area is 166 Å². The average molecular weight is 391 g/mol. The van der Waals surface area contributed by atoms with Crippen molar-refractivity contribution < 1.29 is 4.79 Å². The minimum absolute atomic E-state index is 0.0586. The monoisotopic (exact) mass is 390 g/mol. The lowest BCUT2D eigenvalue weighted by molar-refractivity contribution is -0.116. The van der Waals surface area contributed by atoms with E-state index in [0.29, 0.717) is 5.02 Å². The quantitative estimate of drug-likeness (QED) is 0.556. The number of halogens is 1. The summed E-state index contributed by atoms with van der Waals surface area (Å²) in [6, 6.07) is 23.6. The Morgan fingerprint density at radius 1 is 0.852 bits per heavy atom. The van der Waals surface area contributed by atoms with Gasteiger partial charge in [-0.05, 0) is 42.0 Å². The van der Waals surface area contributed by atoms with E-state index in [2.05, 4.69) is 10.6 Å². The van der Waals surface area contributed by atoms with Crippen LogP contribution in [-0.2, 0) is 9.54 Å². The van der Waals surface area contributed by atoms with Gasteiger partial charge in [-0.2, -0.15) is 0 Å². The number of benzene rings is 3. The van der Waals surface area contributed by atoms with E-state index in [1.54, 1.807) is 6.07 Å². The summed E-state index contributed by atoms with van der Waals surface area (Å²) < 4.78 is -0.884. The lowest BCUT2D eigenvalue weighted by atomic mass is 9.96. The van der Waals surface area contributed by atoms with Gasteiger partial charge in [0.15, 0.2) is 0 Å². The molecular weight excluding hydrogens is 376 g/mol. The summed E-state index contributed by atoms with van der Waals surface area (Å²) in [5.41, 5.74) is 4.60. The molecular formula is C22H15ClN2OS. The number of fused-ring (bicyclic) bond motifs is 3. The maximum absolute atomic E-state index is 13.2. The summed E-state index contributed by atoms with van der Waals surface area (Å²) in [6.07, 6.45) is 2.02. The van der Waals surface area contributed by atoms with Crippen LogP contribution in [0.25, 0.3) is 5.70 Å². The van der Waals surface area contributed by atoms with Gasteiger partial charge in [-0.15, -0.1) is 0 Å². The van der Waals surface area contributed by atoms with Crippen LogP contribution in [0.2, 0.25) is 5.02 Å². The molecule has 0 aliphatic carbocycles. The highest BCUT2D eigenvalue weighted by Crippen LogP contribution is 2.54. The lowest BCUT2D eigenvalue weighted by Crippen LogP contribution is -2.29. The molecule has 2 aliphatic heterocycles. The zero-order valence-corrected chi connectivity index (χ0v) is 15.8. The molecule has 0 fully saturated rings. The lowest BCUT2D eigenvalue weighted by Gasteiger charge is -2.23. The highest BCUT2D eigenvalue weighted by Gasteiger charge is 2.48. The van der Waals surface area contributed by atoms with Crippen LogP contribution in [0.5, 0.6) is 0 Å². The van der Waals surface area contributed by atoms with Crippen molar-refractivity contribution in [2.24, 2.45) is 0 Å². The summed E-state index contributed by atoms with van der Waals surface area (Å²) in [5, 5.41) is 7.16. The molecule has 0 aromatic heterocycles. The second kappa shape index (κ2) is 6.19. The molecule has 1 spiro atoms. The van der Waals surface area contributed by atoms with Crippen molar-refractivity contribution in [2.75, 3.05) is 10.6 Å². The Kier molecular flexibility index (Phi) is 3.78. The number of nitrogens with one attached hydrogen (secondary N) is 2. The molecule has 1 atom stereocenters. The minimum atomic E-state index is -0.884. The van der Waals surface area contributed by atoms with Crippen LogP contribution in [0.4, 0.5) is 11.4 Å². The number of anilines is 2. The highest BCUT2D eigenvalue weighted by atomic mass is 35.5. The van der Waals surface area contributed by atoms with E-state index in [1.807, 2.05) is 72.8 Å². The number of para-hydroxylation sites is 1. The Balaban J connectivity index is 1.79. The zero-order chi connectivity index (χ0) is 18.4. The van der Waals surface area contributed by atoms with Gasteiger partial charge in [0.25, 0.3) is 0 Å². The normalized spacial score (nSPS) is 20.2. The third kappa shape index (κ3) is 2.64. The second-order valence-corrected chi connectivity index (χ2v) is 8.25. The van der Waals surface area contributed by atoms with Crippen molar-refractivity contribution in [3.8, 4) is 0 Å². The number of rotatable bonds is 1. The van der Waals surface area contributed by atoms with Gasteiger partial charge in [-0.25, -0.2) is 0 Å². The van der Waals surface area contributed by atoms with Gasteiger partial charge >= 0.3 is 0 Å². The van der Waals surface area contributed by atoms with Gasteiger partial charge in [-0.3, -0.25) is 4.79 Å². The van der Waals surface area contributed by atoms with Crippen molar-refractivity contribution in [2.45, 2.75) is 9.64 Å². The van der Waals surface area contributed by atoms with Gasteiger partial charge in [0.1, 0.15) is 4.75 Å². The molecule has 3 aromatic carbocycles. The molecule has 5 heteroatoms. The molecule has 2 heterocycles.